The number of imidazole rings is 1. The molecular formula is C11H9N5. The Morgan fingerprint density at radius 2 is 2.44 bits per heavy atom. The molecule has 1 aromatic carbocycles. The van der Waals surface area contributed by atoms with Crippen LogP contribution in [0.15, 0.2) is 41.7 Å². The second-order valence-electron chi connectivity index (χ2n) is 3.00. The Morgan fingerprint density at radius 3 is 3.19 bits per heavy atom. The summed E-state index contributed by atoms with van der Waals surface area (Å²) in [4.78, 5) is 11.2. The number of aliphatic imine (C=N–C) groups is 1. The van der Waals surface area contributed by atoms with Crippen LogP contribution in [0.4, 0.5) is 5.69 Å². The minimum absolute atomic E-state index is 0.761. The average molecular weight is 211 g/mol. The first kappa shape index (κ1) is 9.93. The fourth-order valence-corrected chi connectivity index (χ4v) is 1.29. The number of nitrogens with one attached hydrogen (secondary N) is 2. The van der Waals surface area contributed by atoms with Crippen molar-refractivity contribution in [2.75, 3.05) is 0 Å². The van der Waals surface area contributed by atoms with Crippen molar-refractivity contribution < 1.29 is 0 Å². The van der Waals surface area contributed by atoms with E-state index in [-0.39, 0.29) is 0 Å². The van der Waals surface area contributed by atoms with Crippen molar-refractivity contribution in [1.82, 2.24) is 15.3 Å². The van der Waals surface area contributed by atoms with Gasteiger partial charge in [0, 0.05) is 18.0 Å². The zero-order valence-electron chi connectivity index (χ0n) is 8.38. The molecule has 0 aliphatic carbocycles. The Balaban J connectivity index is 2.24. The molecule has 2 rings (SSSR count). The van der Waals surface area contributed by atoms with Crippen LogP contribution in [0.25, 0.3) is 11.4 Å². The molecule has 5 nitrogen and oxygen atoms in total. The van der Waals surface area contributed by atoms with Crippen LogP contribution in [0, 0.1) is 11.5 Å². The summed E-state index contributed by atoms with van der Waals surface area (Å²) in [6, 6.07) is 7.56. The summed E-state index contributed by atoms with van der Waals surface area (Å²) >= 11 is 0. The Bertz CT molecular complexity index is 522. The Labute approximate surface area is 92.5 Å². The smallest absolute Gasteiger partial charge is 0.182 e. The summed E-state index contributed by atoms with van der Waals surface area (Å²) in [6.07, 6.45) is 6.57. The number of hydrogen-bond acceptors (Lipinski definition) is 3. The summed E-state index contributed by atoms with van der Waals surface area (Å²) in [5, 5.41) is 10.6. The molecule has 0 bridgehead atoms. The molecular weight excluding hydrogens is 202 g/mol. The topological polar surface area (TPSA) is 76.9 Å². The van der Waals surface area contributed by atoms with Crippen LogP contribution in [0.3, 0.4) is 0 Å². The van der Waals surface area contributed by atoms with Crippen LogP contribution in [-0.4, -0.2) is 16.3 Å². The molecule has 1 heterocycles. The van der Waals surface area contributed by atoms with Crippen molar-refractivity contribution in [3.05, 3.63) is 36.7 Å². The highest BCUT2D eigenvalue weighted by atomic mass is 14.9. The van der Waals surface area contributed by atoms with Crippen molar-refractivity contribution in [2.24, 2.45) is 4.99 Å². The molecule has 1 aromatic heterocycles. The van der Waals surface area contributed by atoms with Gasteiger partial charge >= 0.3 is 0 Å². The molecule has 2 aromatic rings. The number of hydrogen-bond donors (Lipinski definition) is 2. The van der Waals surface area contributed by atoms with E-state index in [0.717, 1.165) is 17.1 Å². The molecule has 0 radical (unpaired) electrons. The molecule has 0 atom stereocenters. The maximum atomic E-state index is 8.28. The van der Waals surface area contributed by atoms with Crippen molar-refractivity contribution in [3.63, 3.8) is 0 Å². The number of nitriles is 1. The Hall–Kier alpha value is -2.61. The van der Waals surface area contributed by atoms with Gasteiger partial charge in [-0.1, -0.05) is 12.1 Å². The molecule has 0 aliphatic heterocycles. The Morgan fingerprint density at radius 1 is 1.50 bits per heavy atom. The van der Waals surface area contributed by atoms with Gasteiger partial charge in [-0.25, -0.2) is 9.98 Å². The highest BCUT2D eigenvalue weighted by Crippen LogP contribution is 2.20. The van der Waals surface area contributed by atoms with Gasteiger partial charge < -0.3 is 4.98 Å². The predicted molar refractivity (Wildman–Crippen MR) is 60.9 cm³/mol. The third-order valence-corrected chi connectivity index (χ3v) is 1.96. The number of aromatic nitrogens is 2. The largest absolute Gasteiger partial charge is 0.345 e. The molecule has 0 unspecified atom stereocenters. The minimum Gasteiger partial charge on any atom is -0.345 e. The quantitative estimate of drug-likeness (QED) is 0.352. The maximum Gasteiger partial charge on any atom is 0.182 e. The first-order chi connectivity index (χ1) is 7.90. The van der Waals surface area contributed by atoms with Gasteiger partial charge in [-0.05, 0) is 12.1 Å². The van der Waals surface area contributed by atoms with Gasteiger partial charge in [0.1, 0.15) is 12.2 Å². The molecule has 0 saturated heterocycles. The van der Waals surface area contributed by atoms with Gasteiger partial charge in [-0.2, -0.15) is 5.26 Å². The normalized spacial score (nSPS) is 10.2. The van der Waals surface area contributed by atoms with Crippen LogP contribution in [-0.2, 0) is 0 Å². The number of rotatable bonds is 3. The van der Waals surface area contributed by atoms with Gasteiger partial charge in [-0.15, -0.1) is 0 Å². The van der Waals surface area contributed by atoms with Crippen molar-refractivity contribution >= 4 is 12.0 Å². The van der Waals surface area contributed by atoms with Crippen LogP contribution in [0.1, 0.15) is 0 Å². The summed E-state index contributed by atoms with van der Waals surface area (Å²) in [7, 11) is 0. The molecule has 16 heavy (non-hydrogen) atoms. The lowest BCUT2D eigenvalue weighted by Gasteiger charge is -1.98. The molecule has 0 amide bonds. The fourth-order valence-electron chi connectivity index (χ4n) is 1.29. The summed E-state index contributed by atoms with van der Waals surface area (Å²) < 4.78 is 0. The van der Waals surface area contributed by atoms with Crippen LogP contribution in [0.5, 0.6) is 0 Å². The zero-order valence-corrected chi connectivity index (χ0v) is 8.38. The van der Waals surface area contributed by atoms with Gasteiger partial charge in [0.25, 0.3) is 0 Å². The predicted octanol–water partition coefficient (Wildman–Crippen LogP) is 1.81. The minimum atomic E-state index is 0.761. The molecule has 2 N–H and O–H groups in total. The second kappa shape index (κ2) is 4.75. The molecule has 78 valence electrons. The van der Waals surface area contributed by atoms with Gasteiger partial charge in [-0.3, -0.25) is 5.32 Å². The summed E-state index contributed by atoms with van der Waals surface area (Å²) in [5.41, 5.74) is 1.72. The summed E-state index contributed by atoms with van der Waals surface area (Å²) in [5.74, 6) is 0.797. The zero-order chi connectivity index (χ0) is 11.2. The average Bonchev–Trinajstić information content (AvgIpc) is 2.83. The van der Waals surface area contributed by atoms with Crippen LogP contribution in [0.2, 0.25) is 0 Å². The van der Waals surface area contributed by atoms with E-state index in [4.69, 9.17) is 5.26 Å². The van der Waals surface area contributed by atoms with E-state index < -0.39 is 0 Å². The SMILES string of the molecule is N#CNC=Nc1cccc(-c2ncc[nH]2)c1. The van der Waals surface area contributed by atoms with Crippen LogP contribution < -0.4 is 5.32 Å². The number of H-pyrrole nitrogens is 1. The first-order valence-corrected chi connectivity index (χ1v) is 4.67. The number of aromatic amines is 1. The highest BCUT2D eigenvalue weighted by Gasteiger charge is 1.99. The third kappa shape index (κ3) is 2.25. The van der Waals surface area contributed by atoms with Gasteiger partial charge in [0.2, 0.25) is 0 Å². The maximum absolute atomic E-state index is 8.28. The summed E-state index contributed by atoms with van der Waals surface area (Å²) in [6.45, 7) is 0. The Kier molecular flexibility index (Phi) is 2.95. The van der Waals surface area contributed by atoms with E-state index >= 15 is 0 Å². The lowest BCUT2D eigenvalue weighted by molar-refractivity contribution is 1.28. The highest BCUT2D eigenvalue weighted by molar-refractivity contribution is 5.66. The molecule has 5 heteroatoms. The molecule has 0 aliphatic rings. The monoisotopic (exact) mass is 211 g/mol. The number of benzene rings is 1. The van der Waals surface area contributed by atoms with Gasteiger partial charge in [0.05, 0.1) is 5.69 Å². The van der Waals surface area contributed by atoms with E-state index in [2.05, 4.69) is 20.3 Å². The lowest BCUT2D eigenvalue weighted by atomic mass is 10.2. The van der Waals surface area contributed by atoms with Crippen molar-refractivity contribution in [3.8, 4) is 17.6 Å². The van der Waals surface area contributed by atoms with E-state index in [1.165, 1.54) is 6.34 Å². The van der Waals surface area contributed by atoms with E-state index in [0.29, 0.717) is 0 Å². The van der Waals surface area contributed by atoms with Gasteiger partial charge in [0.15, 0.2) is 6.19 Å². The second-order valence-corrected chi connectivity index (χ2v) is 3.00. The van der Waals surface area contributed by atoms with E-state index in [1.54, 1.807) is 18.6 Å². The first-order valence-electron chi connectivity index (χ1n) is 4.67. The van der Waals surface area contributed by atoms with Crippen LogP contribution >= 0.6 is 0 Å². The fraction of sp³-hybridized carbons (Fsp3) is 0. The van der Waals surface area contributed by atoms with Crippen molar-refractivity contribution in [2.45, 2.75) is 0 Å². The lowest BCUT2D eigenvalue weighted by Crippen LogP contribution is -1.98. The molecule has 0 fully saturated rings. The third-order valence-electron chi connectivity index (χ3n) is 1.96. The standard InChI is InChI=1S/C11H9N5/c12-7-13-8-16-10-3-1-2-9(6-10)11-14-4-5-15-11/h1-6,8H,(H,13,16)(H,14,15). The van der Waals surface area contributed by atoms with Crippen molar-refractivity contribution in [1.29, 1.82) is 5.26 Å². The van der Waals surface area contributed by atoms with E-state index in [9.17, 15) is 0 Å². The molecule has 0 spiro atoms. The number of nitrogens with zero attached hydrogens (tertiary/aromatic N) is 3. The van der Waals surface area contributed by atoms with E-state index in [1.807, 2.05) is 24.3 Å². The molecule has 0 saturated carbocycles.